The van der Waals surface area contributed by atoms with Crippen LogP contribution in [0.15, 0.2) is 0 Å². The number of ketones is 1. The van der Waals surface area contributed by atoms with E-state index >= 15 is 0 Å². The van der Waals surface area contributed by atoms with Gasteiger partial charge in [-0.1, -0.05) is 13.8 Å². The first kappa shape index (κ1) is 9.72. The molecule has 0 saturated heterocycles. The predicted octanol–water partition coefficient (Wildman–Crippen LogP) is 1.84. The first-order valence-electron chi connectivity index (χ1n) is 5.03. The molecule has 0 spiro atoms. The van der Waals surface area contributed by atoms with Crippen molar-refractivity contribution in [2.75, 3.05) is 13.1 Å². The standard InChI is InChI=1S/C10H19NO/c1-3-7-11(4-2)9-5-6-10(12)8-9/h9H,3-8H2,1-2H3. The van der Waals surface area contributed by atoms with Crippen LogP contribution in [0.3, 0.4) is 0 Å². The summed E-state index contributed by atoms with van der Waals surface area (Å²) in [6, 6.07) is 0.558. The highest BCUT2D eigenvalue weighted by molar-refractivity contribution is 5.81. The van der Waals surface area contributed by atoms with Crippen LogP contribution in [0.5, 0.6) is 0 Å². The van der Waals surface area contributed by atoms with Crippen molar-refractivity contribution >= 4 is 5.78 Å². The summed E-state index contributed by atoms with van der Waals surface area (Å²) in [7, 11) is 0. The molecule has 1 aliphatic carbocycles. The predicted molar refractivity (Wildman–Crippen MR) is 50.2 cm³/mol. The lowest BCUT2D eigenvalue weighted by atomic mass is 10.2. The molecule has 0 amide bonds. The second-order valence-corrected chi connectivity index (χ2v) is 3.56. The highest BCUT2D eigenvalue weighted by atomic mass is 16.1. The number of carbonyl (C=O) groups is 1. The summed E-state index contributed by atoms with van der Waals surface area (Å²) in [6.45, 7) is 6.61. The first-order chi connectivity index (χ1) is 5.77. The van der Waals surface area contributed by atoms with Gasteiger partial charge in [-0.2, -0.15) is 0 Å². The van der Waals surface area contributed by atoms with Crippen LogP contribution in [-0.4, -0.2) is 29.8 Å². The molecule has 0 N–H and O–H groups in total. The van der Waals surface area contributed by atoms with Gasteiger partial charge in [0.25, 0.3) is 0 Å². The van der Waals surface area contributed by atoms with Crippen LogP contribution in [0.4, 0.5) is 0 Å². The third-order valence-corrected chi connectivity index (χ3v) is 2.65. The molecule has 0 aromatic heterocycles. The van der Waals surface area contributed by atoms with Crippen molar-refractivity contribution in [1.82, 2.24) is 4.90 Å². The Balaban J connectivity index is 2.38. The van der Waals surface area contributed by atoms with Crippen molar-refractivity contribution in [2.45, 2.75) is 45.6 Å². The fourth-order valence-corrected chi connectivity index (χ4v) is 1.99. The second-order valence-electron chi connectivity index (χ2n) is 3.56. The maximum Gasteiger partial charge on any atom is 0.134 e. The summed E-state index contributed by atoms with van der Waals surface area (Å²) in [5.41, 5.74) is 0. The molecule has 70 valence electrons. The molecule has 2 heteroatoms. The van der Waals surface area contributed by atoms with Gasteiger partial charge in [-0.25, -0.2) is 0 Å². The topological polar surface area (TPSA) is 20.3 Å². The van der Waals surface area contributed by atoms with Gasteiger partial charge in [0.15, 0.2) is 0 Å². The molecule has 2 nitrogen and oxygen atoms in total. The molecule has 1 saturated carbocycles. The van der Waals surface area contributed by atoms with E-state index in [9.17, 15) is 4.79 Å². The van der Waals surface area contributed by atoms with Crippen LogP contribution in [0, 0.1) is 0 Å². The Kier molecular flexibility index (Phi) is 3.73. The Morgan fingerprint density at radius 3 is 2.67 bits per heavy atom. The van der Waals surface area contributed by atoms with Crippen molar-refractivity contribution in [3.05, 3.63) is 0 Å². The van der Waals surface area contributed by atoms with E-state index in [0.29, 0.717) is 11.8 Å². The average Bonchev–Trinajstić information content (AvgIpc) is 2.47. The van der Waals surface area contributed by atoms with E-state index < -0.39 is 0 Å². The molecule has 0 bridgehead atoms. The fourth-order valence-electron chi connectivity index (χ4n) is 1.99. The van der Waals surface area contributed by atoms with Gasteiger partial charge in [-0.3, -0.25) is 4.79 Å². The summed E-state index contributed by atoms with van der Waals surface area (Å²) in [5, 5.41) is 0. The van der Waals surface area contributed by atoms with Crippen molar-refractivity contribution in [2.24, 2.45) is 0 Å². The van der Waals surface area contributed by atoms with Crippen LogP contribution in [0.25, 0.3) is 0 Å². The third kappa shape index (κ3) is 2.31. The minimum atomic E-state index is 0.453. The lowest BCUT2D eigenvalue weighted by molar-refractivity contribution is -0.117. The minimum Gasteiger partial charge on any atom is -0.300 e. The van der Waals surface area contributed by atoms with Gasteiger partial charge in [0.2, 0.25) is 0 Å². The molecule has 1 atom stereocenters. The van der Waals surface area contributed by atoms with Gasteiger partial charge in [-0.05, 0) is 25.9 Å². The van der Waals surface area contributed by atoms with Crippen molar-refractivity contribution in [3.8, 4) is 0 Å². The summed E-state index contributed by atoms with van der Waals surface area (Å²) in [6.07, 6.45) is 3.89. The lowest BCUT2D eigenvalue weighted by Crippen LogP contribution is -2.33. The molecule has 0 radical (unpaired) electrons. The van der Waals surface area contributed by atoms with Crippen LogP contribution >= 0.6 is 0 Å². The summed E-state index contributed by atoms with van der Waals surface area (Å²) >= 11 is 0. The van der Waals surface area contributed by atoms with E-state index in [1.54, 1.807) is 0 Å². The molecule has 1 fully saturated rings. The van der Waals surface area contributed by atoms with Gasteiger partial charge in [0, 0.05) is 18.9 Å². The molecular weight excluding hydrogens is 150 g/mol. The number of hydrogen-bond donors (Lipinski definition) is 0. The maximum atomic E-state index is 11.1. The van der Waals surface area contributed by atoms with E-state index in [-0.39, 0.29) is 0 Å². The van der Waals surface area contributed by atoms with Crippen LogP contribution in [0.2, 0.25) is 0 Å². The van der Waals surface area contributed by atoms with Gasteiger partial charge in [0.05, 0.1) is 0 Å². The molecule has 1 rings (SSSR count). The largest absolute Gasteiger partial charge is 0.300 e. The van der Waals surface area contributed by atoms with Crippen LogP contribution in [-0.2, 0) is 4.79 Å². The number of rotatable bonds is 4. The quantitative estimate of drug-likeness (QED) is 0.640. The first-order valence-corrected chi connectivity index (χ1v) is 5.03. The SMILES string of the molecule is CCCN(CC)C1CCC(=O)C1. The number of nitrogens with zero attached hydrogens (tertiary/aromatic N) is 1. The molecule has 0 aromatic carbocycles. The third-order valence-electron chi connectivity index (χ3n) is 2.65. The highest BCUT2D eigenvalue weighted by Crippen LogP contribution is 2.20. The van der Waals surface area contributed by atoms with E-state index in [0.717, 1.165) is 32.4 Å². The Hall–Kier alpha value is -0.370. The minimum absolute atomic E-state index is 0.453. The van der Waals surface area contributed by atoms with Crippen LogP contribution < -0.4 is 0 Å². The number of Topliss-reactive ketones (excluding diaryl/α,β-unsaturated/α-hetero) is 1. The Bertz CT molecular complexity index is 156. The zero-order valence-electron chi connectivity index (χ0n) is 8.18. The van der Waals surface area contributed by atoms with Gasteiger partial charge >= 0.3 is 0 Å². The summed E-state index contributed by atoms with van der Waals surface area (Å²) in [5.74, 6) is 0.453. The van der Waals surface area contributed by atoms with Gasteiger partial charge in [-0.15, -0.1) is 0 Å². The van der Waals surface area contributed by atoms with Gasteiger partial charge in [0.1, 0.15) is 5.78 Å². The normalized spacial score (nSPS) is 23.9. The molecule has 1 aliphatic rings. The zero-order chi connectivity index (χ0) is 8.97. The zero-order valence-corrected chi connectivity index (χ0v) is 8.18. The van der Waals surface area contributed by atoms with Crippen molar-refractivity contribution < 1.29 is 4.79 Å². The fraction of sp³-hybridized carbons (Fsp3) is 0.900. The maximum absolute atomic E-state index is 11.1. The molecule has 12 heavy (non-hydrogen) atoms. The van der Waals surface area contributed by atoms with Gasteiger partial charge < -0.3 is 4.90 Å². The Morgan fingerprint density at radius 1 is 1.50 bits per heavy atom. The second kappa shape index (κ2) is 4.61. The van der Waals surface area contributed by atoms with E-state index in [4.69, 9.17) is 0 Å². The van der Waals surface area contributed by atoms with E-state index in [2.05, 4.69) is 18.7 Å². The van der Waals surface area contributed by atoms with Crippen LogP contribution in [0.1, 0.15) is 39.5 Å². The van der Waals surface area contributed by atoms with Crippen molar-refractivity contribution in [3.63, 3.8) is 0 Å². The number of carbonyl (C=O) groups excluding carboxylic acids is 1. The molecule has 1 unspecified atom stereocenters. The molecule has 0 aliphatic heterocycles. The lowest BCUT2D eigenvalue weighted by Gasteiger charge is -2.25. The van der Waals surface area contributed by atoms with E-state index in [1.807, 2.05) is 0 Å². The molecular formula is C10H19NO. The smallest absolute Gasteiger partial charge is 0.134 e. The Labute approximate surface area is 74.9 Å². The average molecular weight is 169 g/mol. The molecule has 0 heterocycles. The van der Waals surface area contributed by atoms with E-state index in [1.165, 1.54) is 6.42 Å². The summed E-state index contributed by atoms with van der Waals surface area (Å²) < 4.78 is 0. The monoisotopic (exact) mass is 169 g/mol. The summed E-state index contributed by atoms with van der Waals surface area (Å²) in [4.78, 5) is 13.5. The number of hydrogen-bond acceptors (Lipinski definition) is 2. The van der Waals surface area contributed by atoms with Crippen molar-refractivity contribution in [1.29, 1.82) is 0 Å². The molecule has 0 aromatic rings. The Morgan fingerprint density at radius 2 is 2.25 bits per heavy atom. The highest BCUT2D eigenvalue weighted by Gasteiger charge is 2.25.